The van der Waals surface area contributed by atoms with Gasteiger partial charge in [0.25, 0.3) is 0 Å². The van der Waals surface area contributed by atoms with Crippen molar-refractivity contribution in [2.75, 3.05) is 19.7 Å². The summed E-state index contributed by atoms with van der Waals surface area (Å²) < 4.78 is 22.8. The van der Waals surface area contributed by atoms with Crippen molar-refractivity contribution in [3.8, 4) is 0 Å². The van der Waals surface area contributed by atoms with Crippen molar-refractivity contribution in [2.24, 2.45) is 28.7 Å². The molecule has 1 amide bonds. The first-order chi connectivity index (χ1) is 18.9. The first-order valence-corrected chi connectivity index (χ1v) is 13.1. The summed E-state index contributed by atoms with van der Waals surface area (Å²) in [5, 5.41) is 74.8. The molecule has 18 heteroatoms. The lowest BCUT2D eigenvalue weighted by atomic mass is 9.83. The molecule has 3 fully saturated rings. The molecule has 2 saturated heterocycles. The van der Waals surface area contributed by atoms with Crippen molar-refractivity contribution in [3.05, 3.63) is 0 Å². The first-order valence-electron chi connectivity index (χ1n) is 13.1. The van der Waals surface area contributed by atoms with E-state index in [1.807, 2.05) is 0 Å². The van der Waals surface area contributed by atoms with Gasteiger partial charge in [0.1, 0.15) is 61.0 Å². The molecule has 1 aliphatic carbocycles. The molecule has 18 nitrogen and oxygen atoms in total. The Balaban J connectivity index is 1.85. The molecule has 9 unspecified atom stereocenters. The summed E-state index contributed by atoms with van der Waals surface area (Å²) in [5.41, 5.74) is 29.2. The topological polar surface area (TPSA) is 338 Å². The van der Waals surface area contributed by atoms with Gasteiger partial charge in [-0.15, -0.1) is 0 Å². The molecule has 16 atom stereocenters. The zero-order valence-electron chi connectivity index (χ0n) is 21.8. The third-order valence-corrected chi connectivity index (χ3v) is 7.59. The van der Waals surface area contributed by atoms with Crippen LogP contribution in [-0.2, 0) is 23.7 Å². The molecular weight excluding hydrogens is 540 g/mol. The monoisotopic (exact) mass is 584 g/mol. The minimum atomic E-state index is -1.66. The average molecular weight is 585 g/mol. The van der Waals surface area contributed by atoms with Crippen molar-refractivity contribution < 1.29 is 59.5 Å². The summed E-state index contributed by atoms with van der Waals surface area (Å²) in [6.45, 7) is -0.817. The number of aliphatic hydroxyl groups excluding tert-OH is 7. The molecule has 40 heavy (non-hydrogen) atoms. The number of carbonyl (C=O) groups is 1. The first kappa shape index (κ1) is 33.3. The van der Waals surface area contributed by atoms with Gasteiger partial charge >= 0.3 is 0 Å². The largest absolute Gasteiger partial charge is 0.394 e. The SMILES string of the molecule is NCC[C@@H](O)C(=O)N[C@H]1CC(N)[C@@H](O[C@@H]2OC(CN)[C@H](O)C(O)C2N)C(O)C1O[C@@H]1OC(CO)[C@H](O)C(N)C1O. The highest BCUT2D eigenvalue weighted by molar-refractivity contribution is 5.80. The van der Waals surface area contributed by atoms with Gasteiger partial charge in [-0.2, -0.15) is 0 Å². The van der Waals surface area contributed by atoms with Gasteiger partial charge < -0.3 is 88.7 Å². The number of hydrogen-bond acceptors (Lipinski definition) is 17. The van der Waals surface area contributed by atoms with E-state index in [9.17, 15) is 40.5 Å². The number of ether oxygens (including phenoxy) is 4. The molecule has 234 valence electrons. The van der Waals surface area contributed by atoms with Crippen LogP contribution in [0.2, 0.25) is 0 Å². The van der Waals surface area contributed by atoms with Crippen LogP contribution in [0.5, 0.6) is 0 Å². The van der Waals surface area contributed by atoms with Crippen molar-refractivity contribution in [1.29, 1.82) is 0 Å². The number of rotatable bonds is 10. The molecule has 0 spiro atoms. The summed E-state index contributed by atoms with van der Waals surface area (Å²) >= 11 is 0. The molecular formula is C22H44N6O12. The molecule has 0 bridgehead atoms. The molecule has 2 aliphatic heterocycles. The molecule has 0 aromatic carbocycles. The second kappa shape index (κ2) is 14.3. The lowest BCUT2D eigenvalue weighted by Crippen LogP contribution is -2.70. The molecule has 3 aliphatic rings. The summed E-state index contributed by atoms with van der Waals surface area (Å²) in [6.07, 6.45) is -17.1. The molecule has 0 aromatic rings. The third-order valence-electron chi connectivity index (χ3n) is 7.59. The van der Waals surface area contributed by atoms with Crippen LogP contribution in [0.1, 0.15) is 12.8 Å². The van der Waals surface area contributed by atoms with Gasteiger partial charge in [0.05, 0.1) is 24.7 Å². The van der Waals surface area contributed by atoms with Gasteiger partial charge in [0, 0.05) is 12.6 Å². The number of aliphatic hydroxyl groups is 7. The Labute approximate surface area is 230 Å². The van der Waals surface area contributed by atoms with Gasteiger partial charge in [-0.05, 0) is 19.4 Å². The summed E-state index contributed by atoms with van der Waals surface area (Å²) in [5.74, 6) is -0.825. The van der Waals surface area contributed by atoms with E-state index < -0.39 is 110 Å². The zero-order chi connectivity index (χ0) is 29.9. The van der Waals surface area contributed by atoms with Gasteiger partial charge in [0.15, 0.2) is 12.6 Å². The highest BCUT2D eigenvalue weighted by atomic mass is 16.7. The fourth-order valence-corrected chi connectivity index (χ4v) is 5.11. The minimum Gasteiger partial charge on any atom is -0.394 e. The lowest BCUT2D eigenvalue weighted by molar-refractivity contribution is -0.319. The second-order valence-corrected chi connectivity index (χ2v) is 10.4. The van der Waals surface area contributed by atoms with Crippen LogP contribution >= 0.6 is 0 Å². The van der Waals surface area contributed by atoms with Crippen LogP contribution in [0.15, 0.2) is 0 Å². The Kier molecular flexibility index (Phi) is 11.9. The highest BCUT2D eigenvalue weighted by Gasteiger charge is 2.52. The Bertz CT molecular complexity index is 816. The second-order valence-electron chi connectivity index (χ2n) is 10.4. The molecule has 1 saturated carbocycles. The van der Waals surface area contributed by atoms with Gasteiger partial charge in [-0.25, -0.2) is 0 Å². The van der Waals surface area contributed by atoms with Crippen LogP contribution in [0.4, 0.5) is 0 Å². The van der Waals surface area contributed by atoms with Crippen molar-refractivity contribution in [1.82, 2.24) is 5.32 Å². The Morgan fingerprint density at radius 2 is 1.48 bits per heavy atom. The maximum Gasteiger partial charge on any atom is 0.249 e. The number of hydrogen-bond donors (Lipinski definition) is 13. The normalized spacial score (nSPS) is 47.0. The van der Waals surface area contributed by atoms with Crippen LogP contribution in [0.3, 0.4) is 0 Å². The van der Waals surface area contributed by atoms with Crippen LogP contribution in [-0.4, -0.2) is 159 Å². The number of nitrogens with one attached hydrogen (secondary N) is 1. The highest BCUT2D eigenvalue weighted by Crippen LogP contribution is 2.31. The van der Waals surface area contributed by atoms with Crippen molar-refractivity contribution >= 4 is 5.91 Å². The molecule has 0 radical (unpaired) electrons. The van der Waals surface area contributed by atoms with E-state index in [0.717, 1.165) is 0 Å². The maximum atomic E-state index is 12.6. The Morgan fingerprint density at radius 3 is 2.08 bits per heavy atom. The number of carbonyl (C=O) groups excluding carboxylic acids is 1. The van der Waals surface area contributed by atoms with Crippen LogP contribution in [0.25, 0.3) is 0 Å². The number of nitrogens with two attached hydrogens (primary N) is 5. The smallest absolute Gasteiger partial charge is 0.249 e. The van der Waals surface area contributed by atoms with E-state index in [2.05, 4.69) is 5.32 Å². The quantitative estimate of drug-likeness (QED) is 0.113. The Morgan fingerprint density at radius 1 is 0.850 bits per heavy atom. The number of amides is 1. The summed E-state index contributed by atoms with van der Waals surface area (Å²) in [6, 6.07) is -4.61. The van der Waals surface area contributed by atoms with Crippen molar-refractivity contribution in [2.45, 2.75) is 111 Å². The lowest BCUT2D eigenvalue weighted by Gasteiger charge is -2.49. The van der Waals surface area contributed by atoms with Crippen LogP contribution < -0.4 is 34.0 Å². The predicted molar refractivity (Wildman–Crippen MR) is 133 cm³/mol. The molecule has 2 heterocycles. The predicted octanol–water partition coefficient (Wildman–Crippen LogP) is -8.46. The fourth-order valence-electron chi connectivity index (χ4n) is 5.11. The standard InChI is InChI=1S/C22H44N6O12/c23-2-1-8(30)20(36)28-7-3-6(25)18(39-21-12(27)15(33)14(32)9(4-24)37-21)17(35)19(7)40-22-16(34)11(26)13(31)10(5-29)38-22/h6-19,21-22,29-35H,1-5,23-27H2,(H,28,36)/t6?,7-,8+,9?,10?,11?,12?,13-,14-,15?,16?,17?,18+,19?,21-,22-/m0/s1. The summed E-state index contributed by atoms with van der Waals surface area (Å²) in [4.78, 5) is 12.6. The maximum absolute atomic E-state index is 12.6. The average Bonchev–Trinajstić information content (AvgIpc) is 2.92. The summed E-state index contributed by atoms with van der Waals surface area (Å²) in [7, 11) is 0. The van der Waals surface area contributed by atoms with Gasteiger partial charge in [0.2, 0.25) is 5.91 Å². The van der Waals surface area contributed by atoms with E-state index in [0.29, 0.717) is 0 Å². The zero-order valence-corrected chi connectivity index (χ0v) is 21.8. The van der Waals surface area contributed by atoms with Gasteiger partial charge in [-0.3, -0.25) is 4.79 Å². The molecule has 3 rings (SSSR count). The van der Waals surface area contributed by atoms with Gasteiger partial charge in [-0.1, -0.05) is 0 Å². The Hall–Kier alpha value is -1.17. The fraction of sp³-hybridized carbons (Fsp3) is 0.955. The molecule has 18 N–H and O–H groups in total. The van der Waals surface area contributed by atoms with Crippen LogP contribution in [0, 0.1) is 0 Å². The van der Waals surface area contributed by atoms with E-state index in [1.165, 1.54) is 0 Å². The van der Waals surface area contributed by atoms with E-state index >= 15 is 0 Å². The van der Waals surface area contributed by atoms with Crippen molar-refractivity contribution in [3.63, 3.8) is 0 Å². The van der Waals surface area contributed by atoms with E-state index in [-0.39, 0.29) is 25.9 Å². The minimum absolute atomic E-state index is 0.0219. The molecule has 0 aromatic heterocycles. The van der Waals surface area contributed by atoms with E-state index in [4.69, 9.17) is 47.6 Å². The third kappa shape index (κ3) is 7.06. The van der Waals surface area contributed by atoms with E-state index in [1.54, 1.807) is 0 Å².